The number of allylic oxidation sites excluding steroid dienone is 4. The predicted molar refractivity (Wildman–Crippen MR) is 148 cm³/mol. The van der Waals surface area contributed by atoms with E-state index in [-0.39, 0.29) is 6.10 Å². The zero-order valence-electron chi connectivity index (χ0n) is 23.3. The first kappa shape index (κ1) is 33.3. The van der Waals surface area contributed by atoms with E-state index in [0.717, 1.165) is 51.7 Å². The predicted octanol–water partition coefficient (Wildman–Crippen LogP) is 8.05. The van der Waals surface area contributed by atoms with Crippen molar-refractivity contribution < 1.29 is 14.6 Å². The van der Waals surface area contributed by atoms with Gasteiger partial charge >= 0.3 is 0 Å². The summed E-state index contributed by atoms with van der Waals surface area (Å²) in [5.41, 5.74) is 0. The second kappa shape index (κ2) is 26.9. The lowest BCUT2D eigenvalue weighted by Crippen LogP contribution is -2.24. The van der Waals surface area contributed by atoms with Gasteiger partial charge in [-0.3, -0.25) is 0 Å². The summed E-state index contributed by atoms with van der Waals surface area (Å²) in [7, 11) is 4.16. The minimum Gasteiger partial charge on any atom is -0.377 e. The summed E-state index contributed by atoms with van der Waals surface area (Å²) in [5, 5.41) is 10.2. The lowest BCUT2D eigenvalue weighted by atomic mass is 10.1. The molecule has 0 aromatic carbocycles. The third kappa shape index (κ3) is 25.9. The van der Waals surface area contributed by atoms with Crippen LogP contribution in [-0.4, -0.2) is 56.3 Å². The minimum atomic E-state index is -0.628. The fraction of sp³-hybridized carbons (Fsp3) is 0.867. The number of likely N-dealkylation sites (N-methyl/N-ethyl adjacent to an activating group) is 1. The highest BCUT2D eigenvalue weighted by atomic mass is 16.6. The molecule has 0 amide bonds. The molecule has 0 aliphatic carbocycles. The van der Waals surface area contributed by atoms with Gasteiger partial charge in [0, 0.05) is 6.54 Å². The van der Waals surface area contributed by atoms with Crippen molar-refractivity contribution in [1.29, 1.82) is 0 Å². The first-order valence-electron chi connectivity index (χ1n) is 14.5. The Morgan fingerprint density at radius 2 is 1.15 bits per heavy atom. The molecular weight excluding hydrogens is 422 g/mol. The molecule has 0 saturated carbocycles. The second-order valence-electron chi connectivity index (χ2n) is 9.86. The maximum atomic E-state index is 10.2. The Hall–Kier alpha value is -0.680. The van der Waals surface area contributed by atoms with Crippen molar-refractivity contribution in [3.05, 3.63) is 24.3 Å². The first-order chi connectivity index (χ1) is 16.6. The molecule has 0 spiro atoms. The molecule has 0 rings (SSSR count). The molecule has 202 valence electrons. The molecule has 34 heavy (non-hydrogen) atoms. The molecule has 0 saturated heterocycles. The molecule has 2 atom stereocenters. The molecule has 0 radical (unpaired) electrons. The van der Waals surface area contributed by atoms with E-state index in [1.807, 2.05) is 0 Å². The van der Waals surface area contributed by atoms with Crippen LogP contribution in [0.15, 0.2) is 24.3 Å². The summed E-state index contributed by atoms with van der Waals surface area (Å²) in [4.78, 5) is 2.16. The van der Waals surface area contributed by atoms with Crippen LogP contribution in [0, 0.1) is 0 Å². The molecule has 1 N–H and O–H groups in total. The Morgan fingerprint density at radius 3 is 1.71 bits per heavy atom. The fourth-order valence-electron chi connectivity index (χ4n) is 3.98. The smallest absolute Gasteiger partial charge is 0.154 e. The zero-order chi connectivity index (χ0) is 25.1. The van der Waals surface area contributed by atoms with Crippen molar-refractivity contribution in [3.8, 4) is 0 Å². The topological polar surface area (TPSA) is 41.9 Å². The fourth-order valence-corrected chi connectivity index (χ4v) is 3.98. The van der Waals surface area contributed by atoms with Crippen molar-refractivity contribution in [2.24, 2.45) is 0 Å². The number of unbranched alkanes of at least 4 members (excludes halogenated alkanes) is 10. The van der Waals surface area contributed by atoms with E-state index in [1.165, 1.54) is 70.6 Å². The van der Waals surface area contributed by atoms with Crippen LogP contribution < -0.4 is 0 Å². The van der Waals surface area contributed by atoms with Crippen LogP contribution >= 0.6 is 0 Å². The molecule has 0 fully saturated rings. The standard InChI is InChI=1S/C30H59NO3/c1-5-7-9-11-13-15-17-19-21-23-29(33-28-26-31(3)4)25-27-34-30(32)24-22-20-18-16-14-12-10-8-6-2/h7-10,29-30,32H,5-6,11-28H2,1-4H3/b9-7+,10-8+. The zero-order valence-corrected chi connectivity index (χ0v) is 23.3. The summed E-state index contributed by atoms with van der Waals surface area (Å²) in [6.07, 6.45) is 28.6. The summed E-state index contributed by atoms with van der Waals surface area (Å²) in [5.74, 6) is 0. The number of hydrogen-bond donors (Lipinski definition) is 1. The summed E-state index contributed by atoms with van der Waals surface area (Å²) >= 11 is 0. The van der Waals surface area contributed by atoms with Gasteiger partial charge in [-0.25, -0.2) is 0 Å². The Kier molecular flexibility index (Phi) is 26.4. The van der Waals surface area contributed by atoms with Crippen LogP contribution in [0.2, 0.25) is 0 Å². The van der Waals surface area contributed by atoms with Gasteiger partial charge in [-0.15, -0.1) is 0 Å². The Bertz CT molecular complexity index is 450. The van der Waals surface area contributed by atoms with Gasteiger partial charge in [0.2, 0.25) is 0 Å². The largest absolute Gasteiger partial charge is 0.377 e. The van der Waals surface area contributed by atoms with Crippen LogP contribution in [0.1, 0.15) is 123 Å². The quantitative estimate of drug-likeness (QED) is 0.0770. The van der Waals surface area contributed by atoms with E-state index < -0.39 is 6.29 Å². The van der Waals surface area contributed by atoms with Gasteiger partial charge in [-0.2, -0.15) is 0 Å². The lowest BCUT2D eigenvalue weighted by molar-refractivity contribution is -0.113. The molecule has 0 aliphatic rings. The first-order valence-corrected chi connectivity index (χ1v) is 14.5. The number of rotatable bonds is 26. The number of nitrogens with zero attached hydrogens (tertiary/aromatic N) is 1. The van der Waals surface area contributed by atoms with Gasteiger partial charge in [0.1, 0.15) is 0 Å². The van der Waals surface area contributed by atoms with E-state index in [9.17, 15) is 5.11 Å². The van der Waals surface area contributed by atoms with Gasteiger partial charge < -0.3 is 19.5 Å². The molecule has 4 heteroatoms. The number of ether oxygens (including phenoxy) is 2. The van der Waals surface area contributed by atoms with Gasteiger partial charge in [-0.1, -0.05) is 83.1 Å². The van der Waals surface area contributed by atoms with E-state index in [1.54, 1.807) is 0 Å². The third-order valence-corrected chi connectivity index (χ3v) is 6.17. The van der Waals surface area contributed by atoms with E-state index in [4.69, 9.17) is 9.47 Å². The monoisotopic (exact) mass is 481 g/mol. The van der Waals surface area contributed by atoms with E-state index >= 15 is 0 Å². The summed E-state index contributed by atoms with van der Waals surface area (Å²) in [6.45, 7) is 6.66. The summed E-state index contributed by atoms with van der Waals surface area (Å²) in [6, 6.07) is 0. The van der Waals surface area contributed by atoms with E-state index in [0.29, 0.717) is 6.61 Å². The molecular formula is C30H59NO3. The molecule has 4 nitrogen and oxygen atoms in total. The highest BCUT2D eigenvalue weighted by Gasteiger charge is 2.11. The molecule has 0 aromatic rings. The van der Waals surface area contributed by atoms with Gasteiger partial charge in [0.25, 0.3) is 0 Å². The van der Waals surface area contributed by atoms with Crippen LogP contribution in [0.3, 0.4) is 0 Å². The van der Waals surface area contributed by atoms with Crippen LogP contribution in [0.5, 0.6) is 0 Å². The molecule has 0 bridgehead atoms. The molecule has 0 aliphatic heterocycles. The maximum Gasteiger partial charge on any atom is 0.154 e. The van der Waals surface area contributed by atoms with Crippen LogP contribution in [-0.2, 0) is 9.47 Å². The number of aliphatic hydroxyl groups is 1. The minimum absolute atomic E-state index is 0.237. The van der Waals surface area contributed by atoms with Crippen LogP contribution in [0.25, 0.3) is 0 Å². The highest BCUT2D eigenvalue weighted by Crippen LogP contribution is 2.15. The number of hydrogen-bond acceptors (Lipinski definition) is 4. The highest BCUT2D eigenvalue weighted by molar-refractivity contribution is 4.80. The van der Waals surface area contributed by atoms with Gasteiger partial charge in [0.05, 0.1) is 19.3 Å². The van der Waals surface area contributed by atoms with Crippen molar-refractivity contribution in [2.45, 2.75) is 135 Å². The average Bonchev–Trinajstić information content (AvgIpc) is 2.81. The third-order valence-electron chi connectivity index (χ3n) is 6.17. The molecule has 0 heterocycles. The SMILES string of the molecule is CC/C=C/CCCCCCCC(O)OCCC(CCCCCCC/C=C/CC)OCCN(C)C. The van der Waals surface area contributed by atoms with Crippen molar-refractivity contribution >= 4 is 0 Å². The van der Waals surface area contributed by atoms with Crippen molar-refractivity contribution in [2.75, 3.05) is 33.9 Å². The maximum absolute atomic E-state index is 10.2. The molecule has 0 aromatic heterocycles. The van der Waals surface area contributed by atoms with Crippen molar-refractivity contribution in [1.82, 2.24) is 4.90 Å². The second-order valence-corrected chi connectivity index (χ2v) is 9.86. The Labute approximate surface area is 213 Å². The normalized spacial score (nSPS) is 14.1. The van der Waals surface area contributed by atoms with Crippen LogP contribution in [0.4, 0.5) is 0 Å². The van der Waals surface area contributed by atoms with E-state index in [2.05, 4.69) is 57.1 Å². The van der Waals surface area contributed by atoms with Gasteiger partial charge in [0.15, 0.2) is 6.29 Å². The average molecular weight is 482 g/mol. The molecule has 2 unspecified atom stereocenters. The van der Waals surface area contributed by atoms with Gasteiger partial charge in [-0.05, 0) is 78.3 Å². The number of aliphatic hydroxyl groups excluding tert-OH is 1. The lowest BCUT2D eigenvalue weighted by Gasteiger charge is -2.20. The van der Waals surface area contributed by atoms with Crippen molar-refractivity contribution in [3.63, 3.8) is 0 Å². The Morgan fingerprint density at radius 1 is 0.618 bits per heavy atom. The summed E-state index contributed by atoms with van der Waals surface area (Å²) < 4.78 is 11.9. The Balaban J connectivity index is 3.88.